The number of hydrogen-bond acceptors (Lipinski definition) is 4. The van der Waals surface area contributed by atoms with Gasteiger partial charge in [0.1, 0.15) is 5.00 Å². The second kappa shape index (κ2) is 7.19. The maximum absolute atomic E-state index is 12.5. The Balaban J connectivity index is 1.91. The molecule has 0 bridgehead atoms. The zero-order valence-electron chi connectivity index (χ0n) is 15.5. The highest BCUT2D eigenvalue weighted by molar-refractivity contribution is 7.17. The third-order valence-electron chi connectivity index (χ3n) is 5.68. The average molecular weight is 372 g/mol. The van der Waals surface area contributed by atoms with Crippen LogP contribution in [0, 0.1) is 11.3 Å². The molecular weight excluding hydrogens is 346 g/mol. The molecule has 5 nitrogen and oxygen atoms in total. The molecule has 26 heavy (non-hydrogen) atoms. The molecule has 2 amide bonds. The molecule has 0 radical (unpaired) electrons. The van der Waals surface area contributed by atoms with Gasteiger partial charge in [0.05, 0.1) is 11.1 Å². The lowest BCUT2D eigenvalue weighted by molar-refractivity contribution is 0.0999. The van der Waals surface area contributed by atoms with E-state index in [4.69, 9.17) is 5.73 Å². The fourth-order valence-corrected chi connectivity index (χ4v) is 4.89. The van der Waals surface area contributed by atoms with E-state index in [9.17, 15) is 9.59 Å². The van der Waals surface area contributed by atoms with Crippen LogP contribution < -0.4 is 11.1 Å². The summed E-state index contributed by atoms with van der Waals surface area (Å²) >= 11 is 1.49. The molecule has 0 aliphatic heterocycles. The van der Waals surface area contributed by atoms with Gasteiger partial charge in [-0.05, 0) is 48.3 Å². The monoisotopic (exact) mass is 371 g/mol. The molecule has 0 aromatic carbocycles. The zero-order valence-corrected chi connectivity index (χ0v) is 16.3. The molecule has 2 aromatic rings. The molecule has 0 saturated heterocycles. The van der Waals surface area contributed by atoms with Gasteiger partial charge in [-0.2, -0.15) is 0 Å². The number of thiophene rings is 1. The van der Waals surface area contributed by atoms with Crippen LogP contribution in [-0.4, -0.2) is 16.8 Å². The number of pyridine rings is 1. The minimum absolute atomic E-state index is 0.258. The minimum atomic E-state index is -0.475. The van der Waals surface area contributed by atoms with Gasteiger partial charge in [-0.15, -0.1) is 11.3 Å². The van der Waals surface area contributed by atoms with E-state index in [1.54, 1.807) is 18.3 Å². The predicted octanol–water partition coefficient (Wildman–Crippen LogP) is 4.04. The molecule has 0 saturated carbocycles. The third kappa shape index (κ3) is 3.51. The summed E-state index contributed by atoms with van der Waals surface area (Å²) < 4.78 is 0. The van der Waals surface area contributed by atoms with Crippen LogP contribution in [0.15, 0.2) is 24.5 Å². The van der Waals surface area contributed by atoms with Gasteiger partial charge in [-0.1, -0.05) is 27.2 Å². The highest BCUT2D eigenvalue weighted by Gasteiger charge is 2.35. The summed E-state index contributed by atoms with van der Waals surface area (Å²) in [6.07, 6.45) is 7.05. The number of nitrogens with one attached hydrogen (secondary N) is 1. The van der Waals surface area contributed by atoms with E-state index in [0.29, 0.717) is 22.0 Å². The van der Waals surface area contributed by atoms with Gasteiger partial charge >= 0.3 is 0 Å². The number of amides is 2. The molecular formula is C20H25N3O2S. The largest absolute Gasteiger partial charge is 0.365 e. The van der Waals surface area contributed by atoms with Crippen molar-refractivity contribution in [3.8, 4) is 0 Å². The first-order chi connectivity index (χ1) is 12.3. The number of carbonyl (C=O) groups excluding carboxylic acids is 2. The Morgan fingerprint density at radius 1 is 1.42 bits per heavy atom. The van der Waals surface area contributed by atoms with Crippen LogP contribution in [0.2, 0.25) is 0 Å². The average Bonchev–Trinajstić information content (AvgIpc) is 2.99. The van der Waals surface area contributed by atoms with E-state index in [1.807, 2.05) is 0 Å². The molecule has 138 valence electrons. The Morgan fingerprint density at radius 2 is 2.19 bits per heavy atom. The normalized spacial score (nSPS) is 16.8. The maximum Gasteiger partial charge on any atom is 0.257 e. The van der Waals surface area contributed by atoms with Crippen LogP contribution in [0.1, 0.15) is 64.8 Å². The van der Waals surface area contributed by atoms with Crippen molar-refractivity contribution < 1.29 is 9.59 Å². The Kier molecular flexibility index (Phi) is 5.14. The number of anilines is 1. The molecule has 0 unspecified atom stereocenters. The molecule has 0 spiro atoms. The summed E-state index contributed by atoms with van der Waals surface area (Å²) in [5.74, 6) is -0.178. The van der Waals surface area contributed by atoms with Crippen molar-refractivity contribution in [2.24, 2.45) is 17.1 Å². The number of carbonyl (C=O) groups is 2. The molecule has 1 aliphatic carbocycles. The van der Waals surface area contributed by atoms with E-state index in [2.05, 4.69) is 31.1 Å². The molecule has 2 aromatic heterocycles. The van der Waals surface area contributed by atoms with Crippen molar-refractivity contribution in [1.82, 2.24) is 4.98 Å². The summed E-state index contributed by atoms with van der Waals surface area (Å²) in [5.41, 5.74) is 7.87. The topological polar surface area (TPSA) is 85.1 Å². The first-order valence-electron chi connectivity index (χ1n) is 8.99. The minimum Gasteiger partial charge on any atom is -0.365 e. The second-order valence-corrected chi connectivity index (χ2v) is 8.66. The first kappa shape index (κ1) is 18.6. The maximum atomic E-state index is 12.5. The van der Waals surface area contributed by atoms with Crippen LogP contribution in [0.4, 0.5) is 5.00 Å². The molecule has 1 aliphatic rings. The Labute approximate surface area is 158 Å². The van der Waals surface area contributed by atoms with Crippen LogP contribution in [0.5, 0.6) is 0 Å². The molecule has 1 atom stereocenters. The summed E-state index contributed by atoms with van der Waals surface area (Å²) in [6, 6.07) is 3.40. The van der Waals surface area contributed by atoms with Crippen LogP contribution in [0.25, 0.3) is 0 Å². The van der Waals surface area contributed by atoms with Crippen molar-refractivity contribution in [2.45, 2.75) is 46.5 Å². The van der Waals surface area contributed by atoms with Crippen LogP contribution >= 0.6 is 11.3 Å². The van der Waals surface area contributed by atoms with Crippen molar-refractivity contribution in [3.05, 3.63) is 46.1 Å². The lowest BCUT2D eigenvalue weighted by Crippen LogP contribution is -2.29. The Bertz CT molecular complexity index is 827. The standard InChI is InChI=1S/C20H25N3O2S/c1-4-20(2,3)13-7-8-14-15(10-13)26-19(16(14)17(21)24)23-18(25)12-6-5-9-22-11-12/h5-6,9,11,13H,4,7-8,10H2,1-3H3,(H2,21,24)(H,23,25)/t13-/m1/s1. The molecule has 2 heterocycles. The predicted molar refractivity (Wildman–Crippen MR) is 105 cm³/mol. The third-order valence-corrected chi connectivity index (χ3v) is 6.85. The van der Waals surface area contributed by atoms with Crippen LogP contribution in [-0.2, 0) is 12.8 Å². The second-order valence-electron chi connectivity index (χ2n) is 7.55. The summed E-state index contributed by atoms with van der Waals surface area (Å²) in [6.45, 7) is 6.82. The number of rotatable bonds is 5. The van der Waals surface area contributed by atoms with Crippen LogP contribution in [0.3, 0.4) is 0 Å². The van der Waals surface area contributed by atoms with Crippen molar-refractivity contribution in [1.29, 1.82) is 0 Å². The number of nitrogens with zero attached hydrogens (tertiary/aromatic N) is 1. The van der Waals surface area contributed by atoms with E-state index < -0.39 is 5.91 Å². The molecule has 6 heteroatoms. The highest BCUT2D eigenvalue weighted by atomic mass is 32.1. The van der Waals surface area contributed by atoms with Gasteiger partial charge in [0.15, 0.2) is 0 Å². The number of fused-ring (bicyclic) bond motifs is 1. The van der Waals surface area contributed by atoms with Gasteiger partial charge in [0, 0.05) is 17.3 Å². The SMILES string of the molecule is CCC(C)(C)[C@@H]1CCc2c(sc(NC(=O)c3cccnc3)c2C(N)=O)C1. The van der Waals surface area contributed by atoms with E-state index in [0.717, 1.165) is 31.2 Å². The van der Waals surface area contributed by atoms with E-state index in [-0.39, 0.29) is 11.3 Å². The lowest BCUT2D eigenvalue weighted by atomic mass is 9.69. The molecule has 0 fully saturated rings. The molecule has 3 N–H and O–H groups in total. The van der Waals surface area contributed by atoms with Gasteiger partial charge in [-0.25, -0.2) is 0 Å². The van der Waals surface area contributed by atoms with Gasteiger partial charge in [0.2, 0.25) is 0 Å². The lowest BCUT2D eigenvalue weighted by Gasteiger charge is -2.36. The van der Waals surface area contributed by atoms with Crippen molar-refractivity contribution in [2.75, 3.05) is 5.32 Å². The number of hydrogen-bond donors (Lipinski definition) is 2. The number of aromatic nitrogens is 1. The zero-order chi connectivity index (χ0) is 18.9. The van der Waals surface area contributed by atoms with Gasteiger partial charge < -0.3 is 11.1 Å². The quantitative estimate of drug-likeness (QED) is 0.832. The number of nitrogens with two attached hydrogens (primary N) is 1. The first-order valence-corrected chi connectivity index (χ1v) is 9.81. The van der Waals surface area contributed by atoms with E-state index >= 15 is 0 Å². The fourth-order valence-electron chi connectivity index (χ4n) is 3.56. The van der Waals surface area contributed by atoms with Crippen molar-refractivity contribution in [3.63, 3.8) is 0 Å². The van der Waals surface area contributed by atoms with E-state index in [1.165, 1.54) is 22.4 Å². The Hall–Kier alpha value is -2.21. The molecule has 3 rings (SSSR count). The summed E-state index contributed by atoms with van der Waals surface area (Å²) in [7, 11) is 0. The summed E-state index contributed by atoms with van der Waals surface area (Å²) in [4.78, 5) is 29.7. The summed E-state index contributed by atoms with van der Waals surface area (Å²) in [5, 5.41) is 3.43. The van der Waals surface area contributed by atoms with Gasteiger partial charge in [-0.3, -0.25) is 14.6 Å². The Morgan fingerprint density at radius 3 is 2.81 bits per heavy atom. The van der Waals surface area contributed by atoms with Crippen molar-refractivity contribution >= 4 is 28.2 Å². The smallest absolute Gasteiger partial charge is 0.257 e. The number of primary amides is 1. The van der Waals surface area contributed by atoms with Gasteiger partial charge in [0.25, 0.3) is 11.8 Å². The highest BCUT2D eigenvalue weighted by Crippen LogP contribution is 2.45. The fraction of sp³-hybridized carbons (Fsp3) is 0.450.